The van der Waals surface area contributed by atoms with Crippen molar-refractivity contribution < 1.29 is 4.39 Å². The third-order valence-electron chi connectivity index (χ3n) is 1.93. The summed E-state index contributed by atoms with van der Waals surface area (Å²) in [6.07, 6.45) is 0.795. The molecule has 0 atom stereocenters. The van der Waals surface area contributed by atoms with Gasteiger partial charge in [-0.05, 0) is 30.7 Å². The molecule has 0 aliphatic carbocycles. The van der Waals surface area contributed by atoms with Gasteiger partial charge in [-0.25, -0.2) is 4.39 Å². The number of benzene rings is 1. The lowest BCUT2D eigenvalue weighted by molar-refractivity contribution is 0.621. The molecule has 0 fully saturated rings. The Labute approximate surface area is 94.6 Å². The molecule has 0 unspecified atom stereocenters. The van der Waals surface area contributed by atoms with E-state index < -0.39 is 0 Å². The Kier molecular flexibility index (Phi) is 5.17. The SMILES string of the molecule is CC#CCCNCc1cc(F)ccc1Cl. The van der Waals surface area contributed by atoms with Gasteiger partial charge in [-0.2, -0.15) is 0 Å². The van der Waals surface area contributed by atoms with E-state index in [2.05, 4.69) is 17.2 Å². The Morgan fingerprint density at radius 1 is 1.47 bits per heavy atom. The normalized spacial score (nSPS) is 9.53. The predicted octanol–water partition coefficient (Wildman–Crippen LogP) is 2.98. The molecule has 1 N–H and O–H groups in total. The van der Waals surface area contributed by atoms with Crippen LogP contribution in [0.2, 0.25) is 5.02 Å². The van der Waals surface area contributed by atoms with Gasteiger partial charge in [0.25, 0.3) is 0 Å². The van der Waals surface area contributed by atoms with Crippen LogP contribution in [-0.4, -0.2) is 6.54 Å². The van der Waals surface area contributed by atoms with E-state index in [4.69, 9.17) is 11.6 Å². The lowest BCUT2D eigenvalue weighted by atomic mass is 10.2. The second-order valence-corrected chi connectivity index (χ2v) is 3.50. The fourth-order valence-electron chi connectivity index (χ4n) is 1.18. The highest BCUT2D eigenvalue weighted by Gasteiger charge is 2.00. The number of nitrogens with one attached hydrogen (secondary N) is 1. The number of hydrogen-bond acceptors (Lipinski definition) is 1. The minimum atomic E-state index is -0.260. The van der Waals surface area contributed by atoms with E-state index >= 15 is 0 Å². The van der Waals surface area contributed by atoms with Crippen LogP contribution in [-0.2, 0) is 6.54 Å². The van der Waals surface area contributed by atoms with Crippen molar-refractivity contribution in [2.24, 2.45) is 0 Å². The Hall–Kier alpha value is -1.04. The molecule has 1 aromatic carbocycles. The molecule has 0 spiro atoms. The van der Waals surface area contributed by atoms with Gasteiger partial charge in [-0.3, -0.25) is 0 Å². The zero-order valence-electron chi connectivity index (χ0n) is 8.61. The minimum Gasteiger partial charge on any atom is -0.312 e. The van der Waals surface area contributed by atoms with Gasteiger partial charge in [0, 0.05) is 24.5 Å². The maximum atomic E-state index is 12.9. The zero-order chi connectivity index (χ0) is 11.1. The Bertz CT molecular complexity index is 379. The van der Waals surface area contributed by atoms with Gasteiger partial charge in [0.1, 0.15) is 5.82 Å². The summed E-state index contributed by atoms with van der Waals surface area (Å²) >= 11 is 5.90. The maximum absolute atomic E-state index is 12.9. The third kappa shape index (κ3) is 4.33. The summed E-state index contributed by atoms with van der Waals surface area (Å²) in [6, 6.07) is 4.37. The average molecular weight is 226 g/mol. The van der Waals surface area contributed by atoms with Gasteiger partial charge in [0.05, 0.1) is 0 Å². The van der Waals surface area contributed by atoms with Crippen LogP contribution in [0, 0.1) is 17.7 Å². The smallest absolute Gasteiger partial charge is 0.123 e. The van der Waals surface area contributed by atoms with E-state index in [-0.39, 0.29) is 5.82 Å². The largest absolute Gasteiger partial charge is 0.312 e. The molecule has 1 aromatic rings. The van der Waals surface area contributed by atoms with Crippen LogP contribution < -0.4 is 5.32 Å². The molecule has 0 heterocycles. The number of hydrogen-bond donors (Lipinski definition) is 1. The molecule has 0 saturated heterocycles. The van der Waals surface area contributed by atoms with Gasteiger partial charge >= 0.3 is 0 Å². The number of halogens is 2. The summed E-state index contributed by atoms with van der Waals surface area (Å²) in [4.78, 5) is 0. The van der Waals surface area contributed by atoms with Crippen molar-refractivity contribution in [3.63, 3.8) is 0 Å². The van der Waals surface area contributed by atoms with E-state index in [1.54, 1.807) is 6.07 Å². The molecule has 0 aromatic heterocycles. The van der Waals surface area contributed by atoms with Gasteiger partial charge in [0.2, 0.25) is 0 Å². The van der Waals surface area contributed by atoms with Crippen LogP contribution in [0.4, 0.5) is 4.39 Å². The Morgan fingerprint density at radius 2 is 2.27 bits per heavy atom. The van der Waals surface area contributed by atoms with Crippen LogP contribution >= 0.6 is 11.6 Å². The summed E-state index contributed by atoms with van der Waals surface area (Å²) in [5.41, 5.74) is 0.779. The van der Waals surface area contributed by atoms with E-state index in [1.165, 1.54) is 12.1 Å². The summed E-state index contributed by atoms with van der Waals surface area (Å²) in [6.45, 7) is 3.17. The fraction of sp³-hybridized carbons (Fsp3) is 0.333. The molecular formula is C12H13ClFN. The van der Waals surface area contributed by atoms with Crippen molar-refractivity contribution in [1.82, 2.24) is 5.32 Å². The van der Waals surface area contributed by atoms with Crippen LogP contribution in [0.15, 0.2) is 18.2 Å². The molecular weight excluding hydrogens is 213 g/mol. The highest BCUT2D eigenvalue weighted by Crippen LogP contribution is 2.16. The topological polar surface area (TPSA) is 12.0 Å². The van der Waals surface area contributed by atoms with Crippen LogP contribution in [0.1, 0.15) is 18.9 Å². The Morgan fingerprint density at radius 3 is 3.00 bits per heavy atom. The summed E-state index contributed by atoms with van der Waals surface area (Å²) in [5.74, 6) is 5.49. The van der Waals surface area contributed by atoms with Gasteiger partial charge in [-0.1, -0.05) is 11.6 Å². The molecule has 0 bridgehead atoms. The van der Waals surface area contributed by atoms with Gasteiger partial charge in [-0.15, -0.1) is 11.8 Å². The molecule has 0 amide bonds. The molecule has 1 rings (SSSR count). The quantitative estimate of drug-likeness (QED) is 0.614. The summed E-state index contributed by atoms with van der Waals surface area (Å²) < 4.78 is 12.9. The van der Waals surface area contributed by atoms with Crippen molar-refractivity contribution in [1.29, 1.82) is 0 Å². The van der Waals surface area contributed by atoms with E-state index in [0.717, 1.165) is 18.5 Å². The first-order chi connectivity index (χ1) is 7.24. The van der Waals surface area contributed by atoms with Gasteiger partial charge < -0.3 is 5.32 Å². The highest BCUT2D eigenvalue weighted by molar-refractivity contribution is 6.31. The van der Waals surface area contributed by atoms with Crippen molar-refractivity contribution in [3.8, 4) is 11.8 Å². The second-order valence-electron chi connectivity index (χ2n) is 3.09. The fourth-order valence-corrected chi connectivity index (χ4v) is 1.36. The molecule has 80 valence electrons. The third-order valence-corrected chi connectivity index (χ3v) is 2.30. The predicted molar refractivity (Wildman–Crippen MR) is 61.2 cm³/mol. The molecule has 0 saturated carbocycles. The molecule has 1 nitrogen and oxygen atoms in total. The van der Waals surface area contributed by atoms with Crippen molar-refractivity contribution in [2.75, 3.05) is 6.54 Å². The number of rotatable bonds is 4. The van der Waals surface area contributed by atoms with E-state index in [1.807, 2.05) is 6.92 Å². The van der Waals surface area contributed by atoms with Gasteiger partial charge in [0.15, 0.2) is 0 Å². The standard InChI is InChI=1S/C12H13ClFN/c1-2-3-4-7-15-9-10-8-11(14)5-6-12(10)13/h5-6,8,15H,4,7,9H2,1H3. The van der Waals surface area contributed by atoms with E-state index in [9.17, 15) is 4.39 Å². The van der Waals surface area contributed by atoms with E-state index in [0.29, 0.717) is 11.6 Å². The molecule has 3 heteroatoms. The zero-order valence-corrected chi connectivity index (χ0v) is 9.37. The van der Waals surface area contributed by atoms with Crippen LogP contribution in [0.3, 0.4) is 0 Å². The second kappa shape index (κ2) is 6.44. The highest BCUT2D eigenvalue weighted by atomic mass is 35.5. The Balaban J connectivity index is 2.42. The maximum Gasteiger partial charge on any atom is 0.123 e. The van der Waals surface area contributed by atoms with Crippen LogP contribution in [0.25, 0.3) is 0 Å². The van der Waals surface area contributed by atoms with Crippen LogP contribution in [0.5, 0.6) is 0 Å². The molecule has 0 aliphatic rings. The first-order valence-corrected chi connectivity index (χ1v) is 5.16. The summed E-state index contributed by atoms with van der Waals surface area (Å²) in [5, 5.41) is 3.74. The first-order valence-electron chi connectivity index (χ1n) is 4.78. The first kappa shape index (κ1) is 12.0. The lowest BCUT2D eigenvalue weighted by Crippen LogP contribution is -2.14. The summed E-state index contributed by atoms with van der Waals surface area (Å²) in [7, 11) is 0. The molecule has 0 aliphatic heterocycles. The molecule has 15 heavy (non-hydrogen) atoms. The minimum absolute atomic E-state index is 0.260. The molecule has 0 radical (unpaired) electrons. The monoisotopic (exact) mass is 225 g/mol. The van der Waals surface area contributed by atoms with Crippen molar-refractivity contribution >= 4 is 11.6 Å². The van der Waals surface area contributed by atoms with Crippen molar-refractivity contribution in [2.45, 2.75) is 19.9 Å². The average Bonchev–Trinajstić information content (AvgIpc) is 2.23. The lowest BCUT2D eigenvalue weighted by Gasteiger charge is -2.05. The van der Waals surface area contributed by atoms with Crippen molar-refractivity contribution in [3.05, 3.63) is 34.6 Å².